The number of nitrogens with two attached hydrogens (primary N) is 1. The fourth-order valence-electron chi connectivity index (χ4n) is 2.24. The quantitative estimate of drug-likeness (QED) is 0.710. The Bertz CT molecular complexity index is 604. The number of rotatable bonds is 6. The molecule has 1 aromatic heterocycles. The Hall–Kier alpha value is -1.41. The lowest BCUT2D eigenvalue weighted by Crippen LogP contribution is -2.35. The molecule has 0 spiro atoms. The molecule has 1 aliphatic carbocycles. The van der Waals surface area contributed by atoms with Crippen molar-refractivity contribution in [2.24, 2.45) is 11.1 Å². The van der Waals surface area contributed by atoms with Crippen LogP contribution in [0.5, 0.6) is 0 Å². The number of hydrogen-bond acceptors (Lipinski definition) is 4. The fourth-order valence-corrected chi connectivity index (χ4v) is 3.14. The fraction of sp³-hybridized carbons (Fsp3) is 0.667. The summed E-state index contributed by atoms with van der Waals surface area (Å²) >= 11 is 0. The van der Waals surface area contributed by atoms with Gasteiger partial charge in [-0.1, -0.05) is 13.3 Å². The number of carbonyl (C=O) groups excluding carboxylic acids is 1. The number of aryl methyl sites for hydroxylation is 1. The Morgan fingerprint density at radius 3 is 2.70 bits per heavy atom. The van der Waals surface area contributed by atoms with Gasteiger partial charge in [-0.3, -0.25) is 9.89 Å². The standard InChI is InChI=1S/C12H20N4O3S/c1-3-4-9-11(20(13,18)19)10(16-15-9)12(17)14-7(2)8-5-6-8/h7-8H,3-6H2,1-2H3,(H,14,17)(H,15,16)(H2,13,18,19). The molecule has 2 rings (SSSR count). The second-order valence-electron chi connectivity index (χ2n) is 5.27. The zero-order valence-electron chi connectivity index (χ0n) is 11.6. The highest BCUT2D eigenvalue weighted by Gasteiger charge is 2.32. The van der Waals surface area contributed by atoms with Crippen LogP contribution < -0.4 is 10.5 Å². The summed E-state index contributed by atoms with van der Waals surface area (Å²) in [4.78, 5) is 12.0. The van der Waals surface area contributed by atoms with Gasteiger partial charge >= 0.3 is 0 Å². The predicted molar refractivity (Wildman–Crippen MR) is 73.6 cm³/mol. The van der Waals surface area contributed by atoms with Crippen LogP contribution in [0, 0.1) is 5.92 Å². The van der Waals surface area contributed by atoms with Crippen LogP contribution in [-0.4, -0.2) is 30.6 Å². The lowest BCUT2D eigenvalue weighted by atomic mass is 10.2. The Labute approximate surface area is 118 Å². The van der Waals surface area contributed by atoms with Crippen molar-refractivity contribution in [2.45, 2.75) is 50.5 Å². The van der Waals surface area contributed by atoms with Crippen molar-refractivity contribution in [3.05, 3.63) is 11.4 Å². The maximum absolute atomic E-state index is 12.2. The van der Waals surface area contributed by atoms with Gasteiger partial charge in [0.15, 0.2) is 5.69 Å². The number of nitrogens with zero attached hydrogens (tertiary/aromatic N) is 1. The van der Waals surface area contributed by atoms with E-state index in [0.29, 0.717) is 18.0 Å². The second-order valence-corrected chi connectivity index (χ2v) is 6.77. The molecule has 0 radical (unpaired) electrons. The second kappa shape index (κ2) is 5.53. The Morgan fingerprint density at radius 2 is 2.20 bits per heavy atom. The third-order valence-corrected chi connectivity index (χ3v) is 4.49. The summed E-state index contributed by atoms with van der Waals surface area (Å²) in [7, 11) is -3.98. The molecule has 1 unspecified atom stereocenters. The summed E-state index contributed by atoms with van der Waals surface area (Å²) in [6.07, 6.45) is 3.38. The van der Waals surface area contributed by atoms with Gasteiger partial charge in [0.25, 0.3) is 5.91 Å². The van der Waals surface area contributed by atoms with Crippen LogP contribution in [0.2, 0.25) is 0 Å². The van der Waals surface area contributed by atoms with E-state index in [1.807, 2.05) is 13.8 Å². The lowest BCUT2D eigenvalue weighted by molar-refractivity contribution is 0.0927. The molecule has 4 N–H and O–H groups in total. The number of sulfonamides is 1. The summed E-state index contributed by atoms with van der Waals surface area (Å²) in [6, 6.07) is 0.0159. The Morgan fingerprint density at radius 1 is 1.55 bits per heavy atom. The zero-order chi connectivity index (χ0) is 14.9. The van der Waals surface area contributed by atoms with Crippen LogP contribution in [0.1, 0.15) is 49.3 Å². The third kappa shape index (κ3) is 3.18. The van der Waals surface area contributed by atoms with E-state index in [2.05, 4.69) is 15.5 Å². The van der Waals surface area contributed by atoms with Crippen molar-refractivity contribution in [2.75, 3.05) is 0 Å². The van der Waals surface area contributed by atoms with E-state index in [1.165, 1.54) is 0 Å². The molecule has 112 valence electrons. The molecule has 1 atom stereocenters. The van der Waals surface area contributed by atoms with Gasteiger partial charge in [0.2, 0.25) is 10.0 Å². The molecule has 8 heteroatoms. The Balaban J connectivity index is 2.28. The number of carbonyl (C=O) groups is 1. The van der Waals surface area contributed by atoms with E-state index in [-0.39, 0.29) is 16.6 Å². The van der Waals surface area contributed by atoms with Crippen LogP contribution in [-0.2, 0) is 16.4 Å². The average Bonchev–Trinajstić information content (AvgIpc) is 3.09. The molecule has 1 saturated carbocycles. The first-order valence-electron chi connectivity index (χ1n) is 6.75. The van der Waals surface area contributed by atoms with Crippen molar-refractivity contribution >= 4 is 15.9 Å². The van der Waals surface area contributed by atoms with Crippen molar-refractivity contribution in [3.8, 4) is 0 Å². The molecule has 0 aliphatic heterocycles. The van der Waals surface area contributed by atoms with Gasteiger partial charge in [0.1, 0.15) is 4.90 Å². The van der Waals surface area contributed by atoms with Crippen LogP contribution in [0.25, 0.3) is 0 Å². The zero-order valence-corrected chi connectivity index (χ0v) is 12.5. The summed E-state index contributed by atoms with van der Waals surface area (Å²) in [5.41, 5.74) is 0.252. The number of nitrogens with one attached hydrogen (secondary N) is 2. The molecule has 1 aliphatic rings. The first-order chi connectivity index (χ1) is 9.34. The van der Waals surface area contributed by atoms with E-state index >= 15 is 0 Å². The first kappa shape index (κ1) is 15.0. The molecule has 1 fully saturated rings. The monoisotopic (exact) mass is 300 g/mol. The lowest BCUT2D eigenvalue weighted by Gasteiger charge is -2.12. The molecular weight excluding hydrogens is 280 g/mol. The van der Waals surface area contributed by atoms with Crippen molar-refractivity contribution in [1.29, 1.82) is 0 Å². The van der Waals surface area contributed by atoms with Crippen LogP contribution in [0.3, 0.4) is 0 Å². The van der Waals surface area contributed by atoms with Crippen LogP contribution >= 0.6 is 0 Å². The van der Waals surface area contributed by atoms with Gasteiger partial charge in [0, 0.05) is 6.04 Å². The van der Waals surface area contributed by atoms with E-state index in [1.54, 1.807) is 0 Å². The van der Waals surface area contributed by atoms with E-state index in [4.69, 9.17) is 5.14 Å². The third-order valence-electron chi connectivity index (χ3n) is 3.48. The van der Waals surface area contributed by atoms with Gasteiger partial charge in [0.05, 0.1) is 5.69 Å². The van der Waals surface area contributed by atoms with Gasteiger partial charge < -0.3 is 5.32 Å². The van der Waals surface area contributed by atoms with Crippen LogP contribution in [0.15, 0.2) is 4.90 Å². The maximum atomic E-state index is 12.2. The number of H-pyrrole nitrogens is 1. The first-order valence-corrected chi connectivity index (χ1v) is 8.30. The smallest absolute Gasteiger partial charge is 0.273 e. The SMILES string of the molecule is CCCc1[nH]nc(C(=O)NC(C)C2CC2)c1S(N)(=O)=O. The van der Waals surface area contributed by atoms with E-state index in [9.17, 15) is 13.2 Å². The maximum Gasteiger partial charge on any atom is 0.273 e. The average molecular weight is 300 g/mol. The minimum Gasteiger partial charge on any atom is -0.348 e. The van der Waals surface area contributed by atoms with Crippen LogP contribution in [0.4, 0.5) is 0 Å². The summed E-state index contributed by atoms with van der Waals surface area (Å²) in [6.45, 7) is 3.81. The normalized spacial score (nSPS) is 16.9. The van der Waals surface area contributed by atoms with Crippen molar-refractivity contribution < 1.29 is 13.2 Å². The molecule has 0 saturated heterocycles. The van der Waals surface area contributed by atoms with E-state index < -0.39 is 15.9 Å². The summed E-state index contributed by atoms with van der Waals surface area (Å²) in [5, 5.41) is 14.4. The molecule has 20 heavy (non-hydrogen) atoms. The topological polar surface area (TPSA) is 118 Å². The molecule has 1 aromatic rings. The van der Waals surface area contributed by atoms with Gasteiger partial charge in [-0.05, 0) is 32.1 Å². The highest BCUT2D eigenvalue weighted by atomic mass is 32.2. The minimum absolute atomic E-state index is 0.0159. The summed E-state index contributed by atoms with van der Waals surface area (Å²) < 4.78 is 23.4. The summed E-state index contributed by atoms with van der Waals surface area (Å²) in [5.74, 6) is -0.0158. The van der Waals surface area contributed by atoms with Gasteiger partial charge in [-0.2, -0.15) is 5.10 Å². The molecule has 7 nitrogen and oxygen atoms in total. The molecule has 1 heterocycles. The number of hydrogen-bond donors (Lipinski definition) is 3. The van der Waals surface area contributed by atoms with Crippen molar-refractivity contribution in [1.82, 2.24) is 15.5 Å². The number of aromatic nitrogens is 2. The van der Waals surface area contributed by atoms with E-state index in [0.717, 1.165) is 19.3 Å². The van der Waals surface area contributed by atoms with Crippen molar-refractivity contribution in [3.63, 3.8) is 0 Å². The highest BCUT2D eigenvalue weighted by molar-refractivity contribution is 7.89. The number of amides is 1. The highest BCUT2D eigenvalue weighted by Crippen LogP contribution is 2.32. The molecule has 1 amide bonds. The Kier molecular flexibility index (Phi) is 4.14. The minimum atomic E-state index is -3.98. The predicted octanol–water partition coefficient (Wildman–Crippen LogP) is 0.538. The largest absolute Gasteiger partial charge is 0.348 e. The number of aromatic amines is 1. The molecule has 0 aromatic carbocycles. The molecule has 0 bridgehead atoms. The van der Waals surface area contributed by atoms with Gasteiger partial charge in [-0.15, -0.1) is 0 Å². The molecular formula is C12H20N4O3S. The number of primary sulfonamides is 1. The van der Waals surface area contributed by atoms with Gasteiger partial charge in [-0.25, -0.2) is 13.6 Å².